The number of nitrogens with one attached hydrogen (secondary N) is 1. The summed E-state index contributed by atoms with van der Waals surface area (Å²) < 4.78 is 0. The van der Waals surface area contributed by atoms with Crippen molar-refractivity contribution in [2.45, 2.75) is 19.9 Å². The predicted molar refractivity (Wildman–Crippen MR) is 71.9 cm³/mol. The van der Waals surface area contributed by atoms with Crippen LogP contribution in [-0.2, 0) is 4.79 Å². The Kier molecular flexibility index (Phi) is 3.75. The molecule has 0 aliphatic carbocycles. The molecule has 5 heteroatoms. The van der Waals surface area contributed by atoms with Gasteiger partial charge >= 0.3 is 5.97 Å². The van der Waals surface area contributed by atoms with E-state index in [0.717, 1.165) is 5.69 Å². The average Bonchev–Trinajstić information content (AvgIpc) is 2.35. The maximum atomic E-state index is 11.4. The quantitative estimate of drug-likeness (QED) is 0.879. The van der Waals surface area contributed by atoms with Gasteiger partial charge in [-0.25, -0.2) is 14.8 Å². The van der Waals surface area contributed by atoms with Gasteiger partial charge in [0.1, 0.15) is 11.6 Å². The number of nitrogens with zero attached hydrogens (tertiary/aromatic N) is 2. The van der Waals surface area contributed by atoms with Gasteiger partial charge in [0.25, 0.3) is 0 Å². The summed E-state index contributed by atoms with van der Waals surface area (Å²) in [6.07, 6.45) is 0. The minimum Gasteiger partial charge on any atom is -0.479 e. The molecule has 1 heterocycles. The fourth-order valence-electron chi connectivity index (χ4n) is 1.87. The molecule has 1 atom stereocenters. The molecule has 0 aliphatic rings. The summed E-state index contributed by atoms with van der Waals surface area (Å²) in [5, 5.41) is 12.2. The van der Waals surface area contributed by atoms with Gasteiger partial charge in [-0.2, -0.15) is 0 Å². The summed E-state index contributed by atoms with van der Waals surface area (Å²) in [5.41, 5.74) is 1.48. The number of aromatic nitrogens is 2. The third kappa shape index (κ3) is 3.28. The highest BCUT2D eigenvalue weighted by molar-refractivity contribution is 5.78. The van der Waals surface area contributed by atoms with Gasteiger partial charge in [-0.05, 0) is 19.4 Å². The topological polar surface area (TPSA) is 75.1 Å². The van der Waals surface area contributed by atoms with E-state index in [4.69, 9.17) is 0 Å². The van der Waals surface area contributed by atoms with E-state index in [1.165, 1.54) is 0 Å². The van der Waals surface area contributed by atoms with Crippen LogP contribution >= 0.6 is 0 Å². The van der Waals surface area contributed by atoms with Gasteiger partial charge in [0.2, 0.25) is 0 Å². The Labute approximate surface area is 111 Å². The summed E-state index contributed by atoms with van der Waals surface area (Å²) in [5.74, 6) is 0.182. The number of carboxylic acid groups (broad SMARTS) is 1. The highest BCUT2D eigenvalue weighted by Crippen LogP contribution is 2.19. The molecule has 2 N–H and O–H groups in total. The highest BCUT2D eigenvalue weighted by Gasteiger charge is 2.19. The van der Waals surface area contributed by atoms with E-state index in [9.17, 15) is 9.90 Å². The van der Waals surface area contributed by atoms with Gasteiger partial charge in [0.15, 0.2) is 6.04 Å². The molecule has 2 rings (SSSR count). The van der Waals surface area contributed by atoms with Gasteiger partial charge in [-0.15, -0.1) is 0 Å². The third-order valence-corrected chi connectivity index (χ3v) is 2.64. The van der Waals surface area contributed by atoms with Gasteiger partial charge in [-0.3, -0.25) is 0 Å². The molecule has 0 radical (unpaired) electrons. The van der Waals surface area contributed by atoms with Crippen molar-refractivity contribution >= 4 is 11.8 Å². The summed E-state index contributed by atoms with van der Waals surface area (Å²) in [7, 11) is 0. The molecule has 19 heavy (non-hydrogen) atoms. The van der Waals surface area contributed by atoms with Crippen LogP contribution < -0.4 is 5.32 Å². The second-order valence-corrected chi connectivity index (χ2v) is 4.27. The van der Waals surface area contributed by atoms with Crippen molar-refractivity contribution in [3.63, 3.8) is 0 Å². The first-order chi connectivity index (χ1) is 9.06. The van der Waals surface area contributed by atoms with Crippen molar-refractivity contribution in [2.24, 2.45) is 0 Å². The fourth-order valence-corrected chi connectivity index (χ4v) is 1.87. The zero-order valence-electron chi connectivity index (χ0n) is 10.8. The lowest BCUT2D eigenvalue weighted by Crippen LogP contribution is -2.21. The van der Waals surface area contributed by atoms with E-state index < -0.39 is 12.0 Å². The number of aryl methyl sites for hydroxylation is 2. The monoisotopic (exact) mass is 257 g/mol. The molecule has 1 unspecified atom stereocenters. The van der Waals surface area contributed by atoms with Crippen LogP contribution in [0.3, 0.4) is 0 Å². The van der Waals surface area contributed by atoms with E-state index in [2.05, 4.69) is 15.3 Å². The van der Waals surface area contributed by atoms with Crippen molar-refractivity contribution in [2.75, 3.05) is 5.32 Å². The lowest BCUT2D eigenvalue weighted by Gasteiger charge is -2.15. The van der Waals surface area contributed by atoms with Crippen molar-refractivity contribution < 1.29 is 9.90 Å². The SMILES string of the molecule is Cc1cc(NC(C(=O)O)c2ccccc2)nc(C)n1. The first-order valence-corrected chi connectivity index (χ1v) is 5.93. The van der Waals surface area contributed by atoms with Crippen LogP contribution in [-0.4, -0.2) is 21.0 Å². The first-order valence-electron chi connectivity index (χ1n) is 5.93. The summed E-state index contributed by atoms with van der Waals surface area (Å²) in [6.45, 7) is 3.62. The van der Waals surface area contributed by atoms with Gasteiger partial charge in [-0.1, -0.05) is 30.3 Å². The smallest absolute Gasteiger partial charge is 0.330 e. The Morgan fingerprint density at radius 3 is 2.47 bits per heavy atom. The number of hydrogen-bond donors (Lipinski definition) is 2. The summed E-state index contributed by atoms with van der Waals surface area (Å²) in [6, 6.07) is 9.91. The summed E-state index contributed by atoms with van der Waals surface area (Å²) in [4.78, 5) is 19.7. The molecule has 1 aromatic heterocycles. The fraction of sp³-hybridized carbons (Fsp3) is 0.214. The van der Waals surface area contributed by atoms with E-state index in [1.54, 1.807) is 25.1 Å². The predicted octanol–water partition coefficient (Wildman–Crippen LogP) is 2.33. The third-order valence-electron chi connectivity index (χ3n) is 2.64. The van der Waals surface area contributed by atoms with Gasteiger partial charge < -0.3 is 10.4 Å². The Morgan fingerprint density at radius 1 is 1.21 bits per heavy atom. The molecular formula is C14H15N3O2. The minimum atomic E-state index is -0.944. The van der Waals surface area contributed by atoms with Crippen molar-refractivity contribution in [3.05, 3.63) is 53.5 Å². The zero-order valence-corrected chi connectivity index (χ0v) is 10.8. The lowest BCUT2D eigenvalue weighted by atomic mass is 10.1. The first kappa shape index (κ1) is 13.0. The number of hydrogen-bond acceptors (Lipinski definition) is 4. The molecule has 1 aromatic carbocycles. The number of rotatable bonds is 4. The van der Waals surface area contributed by atoms with Crippen molar-refractivity contribution in [1.82, 2.24) is 9.97 Å². The molecule has 0 aliphatic heterocycles. The standard InChI is InChI=1S/C14H15N3O2/c1-9-8-12(16-10(2)15-9)17-13(14(18)19)11-6-4-3-5-7-11/h3-8,13H,1-2H3,(H,18,19)(H,15,16,17). The minimum absolute atomic E-state index is 0.515. The molecular weight excluding hydrogens is 242 g/mol. The van der Waals surface area contributed by atoms with Crippen LogP contribution in [0.2, 0.25) is 0 Å². The molecule has 5 nitrogen and oxygen atoms in total. The second-order valence-electron chi connectivity index (χ2n) is 4.27. The van der Waals surface area contributed by atoms with Crippen LogP contribution in [0.4, 0.5) is 5.82 Å². The van der Waals surface area contributed by atoms with Crippen LogP contribution in [0.5, 0.6) is 0 Å². The van der Waals surface area contributed by atoms with Crippen molar-refractivity contribution in [3.8, 4) is 0 Å². The van der Waals surface area contributed by atoms with Crippen LogP contribution in [0.15, 0.2) is 36.4 Å². The lowest BCUT2D eigenvalue weighted by molar-refractivity contribution is -0.138. The van der Waals surface area contributed by atoms with E-state index >= 15 is 0 Å². The Hall–Kier alpha value is -2.43. The largest absolute Gasteiger partial charge is 0.479 e. The van der Waals surface area contributed by atoms with Gasteiger partial charge in [0, 0.05) is 11.8 Å². The zero-order chi connectivity index (χ0) is 13.8. The van der Waals surface area contributed by atoms with Crippen LogP contribution in [0.1, 0.15) is 23.1 Å². The molecule has 98 valence electrons. The van der Waals surface area contributed by atoms with E-state index in [-0.39, 0.29) is 0 Å². The normalized spacial score (nSPS) is 11.9. The van der Waals surface area contributed by atoms with E-state index in [1.807, 2.05) is 25.1 Å². The average molecular weight is 257 g/mol. The molecule has 0 bridgehead atoms. The second kappa shape index (κ2) is 5.48. The number of carbonyl (C=O) groups is 1. The molecule has 0 spiro atoms. The maximum absolute atomic E-state index is 11.4. The molecule has 0 amide bonds. The summed E-state index contributed by atoms with van der Waals surface area (Å²) >= 11 is 0. The Bertz CT molecular complexity index is 564. The number of anilines is 1. The number of aliphatic carboxylic acids is 1. The molecule has 0 saturated carbocycles. The number of benzene rings is 1. The molecule has 0 saturated heterocycles. The Morgan fingerprint density at radius 2 is 1.89 bits per heavy atom. The van der Waals surface area contributed by atoms with Crippen LogP contribution in [0, 0.1) is 13.8 Å². The molecule has 0 fully saturated rings. The van der Waals surface area contributed by atoms with E-state index in [0.29, 0.717) is 17.2 Å². The maximum Gasteiger partial charge on any atom is 0.330 e. The van der Waals surface area contributed by atoms with Gasteiger partial charge in [0.05, 0.1) is 0 Å². The van der Waals surface area contributed by atoms with Crippen LogP contribution in [0.25, 0.3) is 0 Å². The van der Waals surface area contributed by atoms with Crippen molar-refractivity contribution in [1.29, 1.82) is 0 Å². The number of carboxylic acids is 1. The molecule has 2 aromatic rings. The Balaban J connectivity index is 2.29. The highest BCUT2D eigenvalue weighted by atomic mass is 16.4.